The number of hydrogen-bond acceptors (Lipinski definition) is 3. The Morgan fingerprint density at radius 3 is 2.56 bits per heavy atom. The van der Waals surface area contributed by atoms with Crippen LogP contribution < -0.4 is 10.4 Å². The summed E-state index contributed by atoms with van der Waals surface area (Å²) in [4.78, 5) is 10.8. The number of aliphatic carboxylic acids is 1. The molecule has 2 N–H and O–H groups in total. The zero-order valence-corrected chi connectivity index (χ0v) is 9.55. The number of likely N-dealkylation sites (N-methyl/N-ethyl adjacent to an activating group) is 1. The average Bonchev–Trinajstić information content (AvgIpc) is 2.28. The van der Waals surface area contributed by atoms with Crippen LogP contribution in [0.4, 0.5) is 0 Å². The highest BCUT2D eigenvalue weighted by Crippen LogP contribution is 2.04. The fraction of sp³-hybridized carbons (Fsp3) is 0.417. The zero-order chi connectivity index (χ0) is 12.0. The molecule has 0 fully saturated rings. The lowest BCUT2D eigenvalue weighted by atomic mass is 10.2. The number of carboxylic acids is 1. The summed E-state index contributed by atoms with van der Waals surface area (Å²) in [6.45, 7) is 2.16. The number of carboxylic acid groups (broad SMARTS) is 1. The number of carbonyl (C=O) groups is 1. The number of ether oxygens (including phenoxy) is 1. The molecule has 0 aromatic heterocycles. The third-order valence-corrected chi connectivity index (χ3v) is 2.49. The van der Waals surface area contributed by atoms with Gasteiger partial charge in [0.25, 0.3) is 0 Å². The van der Waals surface area contributed by atoms with Gasteiger partial charge in [0.05, 0.1) is 13.7 Å². The Labute approximate surface area is 95.2 Å². The second-order valence-corrected chi connectivity index (χ2v) is 3.68. The standard InChI is InChI=1S/C12H17NO3/c1-9(11(13-2)12(14)15)16-8-10-6-4-3-5-7-10/h3-7,9,11,13H,8H2,1-2H3,(H,14,15)/t9-,11+/m1/s1. The molecule has 0 heterocycles. The average molecular weight is 223 g/mol. The summed E-state index contributed by atoms with van der Waals surface area (Å²) >= 11 is 0. The lowest BCUT2D eigenvalue weighted by molar-refractivity contribution is -0.665. The first-order valence-corrected chi connectivity index (χ1v) is 5.31. The molecule has 0 amide bonds. The molecule has 0 aliphatic carbocycles. The SMILES string of the molecule is C[NH2+][C@H](C(=O)[O-])[C@@H](C)OCc1ccccc1. The van der Waals surface area contributed by atoms with Crippen LogP contribution in [0.1, 0.15) is 12.5 Å². The summed E-state index contributed by atoms with van der Waals surface area (Å²) in [7, 11) is 1.70. The Morgan fingerprint density at radius 2 is 2.06 bits per heavy atom. The highest BCUT2D eigenvalue weighted by Gasteiger charge is 2.20. The van der Waals surface area contributed by atoms with Gasteiger partial charge in [0.1, 0.15) is 12.1 Å². The molecule has 1 aromatic carbocycles. The minimum absolute atomic E-state index is 0.379. The van der Waals surface area contributed by atoms with Crippen molar-refractivity contribution in [1.29, 1.82) is 0 Å². The number of hydrogen-bond donors (Lipinski definition) is 1. The van der Waals surface area contributed by atoms with Crippen LogP contribution in [0.2, 0.25) is 0 Å². The van der Waals surface area contributed by atoms with Gasteiger partial charge in [0.15, 0.2) is 6.04 Å². The first-order valence-electron chi connectivity index (χ1n) is 5.31. The Morgan fingerprint density at radius 1 is 1.44 bits per heavy atom. The summed E-state index contributed by atoms with van der Waals surface area (Å²) in [6.07, 6.45) is -0.379. The maximum Gasteiger partial charge on any atom is 0.152 e. The third-order valence-electron chi connectivity index (χ3n) is 2.49. The van der Waals surface area contributed by atoms with Gasteiger partial charge in [-0.25, -0.2) is 0 Å². The monoisotopic (exact) mass is 223 g/mol. The molecule has 0 aliphatic rings. The highest BCUT2D eigenvalue weighted by molar-refractivity contribution is 5.70. The number of benzene rings is 1. The summed E-state index contributed by atoms with van der Waals surface area (Å²) in [5.41, 5.74) is 1.03. The van der Waals surface area contributed by atoms with Crippen molar-refractivity contribution in [3.05, 3.63) is 35.9 Å². The van der Waals surface area contributed by atoms with Gasteiger partial charge in [-0.05, 0) is 12.5 Å². The Kier molecular flexibility index (Phi) is 4.95. The molecule has 16 heavy (non-hydrogen) atoms. The van der Waals surface area contributed by atoms with E-state index in [4.69, 9.17) is 4.74 Å². The molecule has 0 spiro atoms. The molecule has 0 aliphatic heterocycles. The van der Waals surface area contributed by atoms with Gasteiger partial charge in [-0.1, -0.05) is 30.3 Å². The van der Waals surface area contributed by atoms with E-state index in [0.717, 1.165) is 5.56 Å². The van der Waals surface area contributed by atoms with Crippen LogP contribution >= 0.6 is 0 Å². The van der Waals surface area contributed by atoms with E-state index in [1.807, 2.05) is 30.3 Å². The summed E-state index contributed by atoms with van der Waals surface area (Å²) in [5, 5.41) is 12.3. The minimum Gasteiger partial charge on any atom is -0.544 e. The van der Waals surface area contributed by atoms with Gasteiger partial charge in [-0.3, -0.25) is 0 Å². The fourth-order valence-corrected chi connectivity index (χ4v) is 1.50. The molecule has 0 saturated heterocycles. The molecule has 0 bridgehead atoms. The molecule has 2 atom stereocenters. The molecule has 0 unspecified atom stereocenters. The number of rotatable bonds is 6. The third kappa shape index (κ3) is 3.64. The fourth-order valence-electron chi connectivity index (χ4n) is 1.50. The van der Waals surface area contributed by atoms with Gasteiger partial charge in [-0.15, -0.1) is 0 Å². The predicted molar refractivity (Wildman–Crippen MR) is 57.3 cm³/mol. The molecule has 4 heteroatoms. The summed E-state index contributed by atoms with van der Waals surface area (Å²) < 4.78 is 5.49. The molecule has 4 nitrogen and oxygen atoms in total. The molecule has 1 aromatic rings. The van der Waals surface area contributed by atoms with E-state index in [-0.39, 0.29) is 6.10 Å². The van der Waals surface area contributed by atoms with Crippen LogP contribution in [-0.4, -0.2) is 25.2 Å². The zero-order valence-electron chi connectivity index (χ0n) is 9.55. The van der Waals surface area contributed by atoms with Crippen LogP contribution in [0.5, 0.6) is 0 Å². The van der Waals surface area contributed by atoms with Crippen LogP contribution in [0, 0.1) is 0 Å². The van der Waals surface area contributed by atoms with Crippen LogP contribution in [0.3, 0.4) is 0 Å². The molecule has 1 rings (SSSR count). The molecule has 0 radical (unpaired) electrons. The van der Waals surface area contributed by atoms with Gasteiger partial charge < -0.3 is 20.0 Å². The largest absolute Gasteiger partial charge is 0.544 e. The van der Waals surface area contributed by atoms with E-state index >= 15 is 0 Å². The van der Waals surface area contributed by atoms with Crippen LogP contribution in [0.15, 0.2) is 30.3 Å². The first kappa shape index (κ1) is 12.7. The summed E-state index contributed by atoms with van der Waals surface area (Å²) in [6, 6.07) is 8.99. The van der Waals surface area contributed by atoms with Crippen molar-refractivity contribution in [3.63, 3.8) is 0 Å². The van der Waals surface area contributed by atoms with E-state index in [9.17, 15) is 9.90 Å². The molecule has 0 saturated carbocycles. The smallest absolute Gasteiger partial charge is 0.152 e. The van der Waals surface area contributed by atoms with Crippen molar-refractivity contribution in [2.75, 3.05) is 7.05 Å². The topological polar surface area (TPSA) is 66.0 Å². The van der Waals surface area contributed by atoms with Crippen LogP contribution in [-0.2, 0) is 16.1 Å². The van der Waals surface area contributed by atoms with E-state index in [2.05, 4.69) is 0 Å². The summed E-state index contributed by atoms with van der Waals surface area (Å²) in [5.74, 6) is -1.09. The van der Waals surface area contributed by atoms with Crippen molar-refractivity contribution in [2.45, 2.75) is 25.7 Å². The number of nitrogens with two attached hydrogens (primary N) is 1. The van der Waals surface area contributed by atoms with Gasteiger partial charge in [0, 0.05) is 0 Å². The van der Waals surface area contributed by atoms with Crippen molar-refractivity contribution in [2.24, 2.45) is 0 Å². The second-order valence-electron chi connectivity index (χ2n) is 3.68. The predicted octanol–water partition coefficient (Wildman–Crippen LogP) is -1.10. The molecular formula is C12H17NO3. The van der Waals surface area contributed by atoms with Crippen molar-refractivity contribution < 1.29 is 20.0 Å². The van der Waals surface area contributed by atoms with Crippen molar-refractivity contribution in [3.8, 4) is 0 Å². The molecule has 88 valence electrons. The highest BCUT2D eigenvalue weighted by atomic mass is 16.5. The normalized spacial score (nSPS) is 14.4. The lowest BCUT2D eigenvalue weighted by Gasteiger charge is -2.21. The quantitative estimate of drug-likeness (QED) is 0.666. The van der Waals surface area contributed by atoms with Crippen molar-refractivity contribution in [1.82, 2.24) is 0 Å². The Bertz CT molecular complexity index is 326. The van der Waals surface area contributed by atoms with E-state index in [0.29, 0.717) is 6.61 Å². The minimum atomic E-state index is -1.09. The number of quaternary nitrogens is 1. The van der Waals surface area contributed by atoms with Crippen LogP contribution in [0.25, 0.3) is 0 Å². The Balaban J connectivity index is 2.46. The van der Waals surface area contributed by atoms with Gasteiger partial charge in [0.2, 0.25) is 0 Å². The lowest BCUT2D eigenvalue weighted by Crippen LogP contribution is -2.92. The maximum atomic E-state index is 10.8. The first-order chi connectivity index (χ1) is 7.65. The van der Waals surface area contributed by atoms with Gasteiger partial charge in [-0.2, -0.15) is 0 Å². The van der Waals surface area contributed by atoms with Crippen molar-refractivity contribution >= 4 is 5.97 Å². The maximum absolute atomic E-state index is 10.8. The van der Waals surface area contributed by atoms with E-state index in [1.54, 1.807) is 19.3 Å². The van der Waals surface area contributed by atoms with E-state index in [1.165, 1.54) is 0 Å². The Hall–Kier alpha value is -1.39. The van der Waals surface area contributed by atoms with Gasteiger partial charge >= 0.3 is 0 Å². The van der Waals surface area contributed by atoms with E-state index < -0.39 is 12.0 Å². The molecular weight excluding hydrogens is 206 g/mol. The number of carbonyl (C=O) groups excluding carboxylic acids is 1. The second kappa shape index (κ2) is 6.25.